The summed E-state index contributed by atoms with van der Waals surface area (Å²) in [6, 6.07) is 7.10. The molecule has 0 atom stereocenters. The van der Waals surface area contributed by atoms with Crippen LogP contribution in [-0.2, 0) is 18.3 Å². The van der Waals surface area contributed by atoms with Crippen LogP contribution in [0.2, 0.25) is 0 Å². The van der Waals surface area contributed by atoms with Gasteiger partial charge in [0.15, 0.2) is 0 Å². The molecule has 1 aromatic carbocycles. The van der Waals surface area contributed by atoms with Gasteiger partial charge in [0.2, 0.25) is 0 Å². The van der Waals surface area contributed by atoms with E-state index in [1.54, 1.807) is 29.5 Å². The second-order valence-electron chi connectivity index (χ2n) is 5.75. The summed E-state index contributed by atoms with van der Waals surface area (Å²) >= 11 is 1.64. The van der Waals surface area contributed by atoms with Gasteiger partial charge < -0.3 is 10.8 Å². The maximum atomic E-state index is 11.0. The van der Waals surface area contributed by atoms with Gasteiger partial charge in [-0.2, -0.15) is 0 Å². The van der Waals surface area contributed by atoms with Crippen LogP contribution < -0.4 is 5.73 Å². The molecule has 0 bridgehead atoms. The summed E-state index contributed by atoms with van der Waals surface area (Å²) in [7, 11) is 0. The summed E-state index contributed by atoms with van der Waals surface area (Å²) in [6.45, 7) is 4.86. The van der Waals surface area contributed by atoms with Crippen LogP contribution in [0.1, 0.15) is 40.5 Å². The van der Waals surface area contributed by atoms with Gasteiger partial charge in [0.05, 0.1) is 16.3 Å². The minimum Gasteiger partial charge on any atom is -0.478 e. The number of hydrogen-bond donors (Lipinski definition) is 2. The van der Waals surface area contributed by atoms with Gasteiger partial charge in [0, 0.05) is 17.2 Å². The number of carboxylic acid groups (broad SMARTS) is 1. The van der Waals surface area contributed by atoms with Crippen LogP contribution in [0.3, 0.4) is 0 Å². The Morgan fingerprint density at radius 3 is 2.86 bits per heavy atom. The normalized spacial score (nSPS) is 11.6. The van der Waals surface area contributed by atoms with Gasteiger partial charge in [-0.1, -0.05) is 26.0 Å². The van der Waals surface area contributed by atoms with E-state index in [0.717, 1.165) is 29.1 Å². The lowest BCUT2D eigenvalue weighted by Crippen LogP contribution is -2.20. The highest BCUT2D eigenvalue weighted by molar-refractivity contribution is 7.09. The third-order valence-corrected chi connectivity index (χ3v) is 4.61. The van der Waals surface area contributed by atoms with E-state index >= 15 is 0 Å². The van der Waals surface area contributed by atoms with Crippen molar-refractivity contribution in [3.8, 4) is 0 Å². The molecule has 0 spiro atoms. The van der Waals surface area contributed by atoms with Crippen LogP contribution in [0, 0.1) is 0 Å². The highest BCUT2D eigenvalue weighted by Gasteiger charge is 2.25. The lowest BCUT2D eigenvalue weighted by molar-refractivity contribution is 0.0696. The highest BCUT2D eigenvalue weighted by Crippen LogP contribution is 2.30. The van der Waals surface area contributed by atoms with E-state index in [1.165, 1.54) is 0 Å². The first-order chi connectivity index (χ1) is 9.92. The first kappa shape index (κ1) is 15.7. The number of carboxylic acids is 1. The van der Waals surface area contributed by atoms with Crippen LogP contribution in [-0.4, -0.2) is 22.6 Å². The molecular weight excluding hydrogens is 284 g/mol. The molecule has 112 valence electrons. The molecule has 0 aliphatic rings. The van der Waals surface area contributed by atoms with Gasteiger partial charge in [-0.25, -0.2) is 9.78 Å². The average molecular weight is 304 g/mol. The fourth-order valence-electron chi connectivity index (χ4n) is 2.28. The molecule has 0 aliphatic heterocycles. The fraction of sp³-hybridized carbons (Fsp3) is 0.375. The summed E-state index contributed by atoms with van der Waals surface area (Å²) in [6.07, 6.45) is 1.55. The van der Waals surface area contributed by atoms with E-state index in [4.69, 9.17) is 10.8 Å². The van der Waals surface area contributed by atoms with Gasteiger partial charge in [-0.3, -0.25) is 0 Å². The first-order valence-corrected chi connectivity index (χ1v) is 7.77. The van der Waals surface area contributed by atoms with Crippen molar-refractivity contribution in [2.24, 2.45) is 5.73 Å². The minimum atomic E-state index is -0.894. The highest BCUT2D eigenvalue weighted by atomic mass is 32.1. The van der Waals surface area contributed by atoms with Crippen molar-refractivity contribution in [3.63, 3.8) is 0 Å². The number of nitrogens with two attached hydrogens (primary N) is 1. The zero-order valence-electron chi connectivity index (χ0n) is 12.3. The zero-order valence-corrected chi connectivity index (χ0v) is 13.1. The van der Waals surface area contributed by atoms with E-state index in [0.29, 0.717) is 12.1 Å². The Hall–Kier alpha value is -1.72. The molecule has 3 N–H and O–H groups in total. The summed E-state index contributed by atoms with van der Waals surface area (Å²) in [4.78, 5) is 15.7. The molecule has 2 rings (SSSR count). The van der Waals surface area contributed by atoms with E-state index in [2.05, 4.69) is 24.2 Å². The van der Waals surface area contributed by atoms with E-state index in [9.17, 15) is 4.79 Å². The summed E-state index contributed by atoms with van der Waals surface area (Å²) in [5, 5.41) is 12.2. The van der Waals surface area contributed by atoms with Crippen molar-refractivity contribution in [2.75, 3.05) is 6.54 Å². The lowest BCUT2D eigenvalue weighted by atomic mass is 9.86. The third-order valence-electron chi connectivity index (χ3n) is 3.35. The molecule has 1 heterocycles. The molecule has 2 aromatic rings. The molecule has 0 amide bonds. The molecule has 0 saturated carbocycles. The average Bonchev–Trinajstić information content (AvgIpc) is 2.88. The number of thiazole rings is 1. The largest absolute Gasteiger partial charge is 0.478 e. The molecule has 4 nitrogen and oxygen atoms in total. The Balaban J connectivity index is 2.19. The number of nitrogens with zero attached hydrogens (tertiary/aromatic N) is 1. The van der Waals surface area contributed by atoms with Gasteiger partial charge in [-0.15, -0.1) is 11.3 Å². The first-order valence-electron chi connectivity index (χ1n) is 6.89. The third kappa shape index (κ3) is 3.89. The standard InChI is InChI=1S/C16H20N2O2S/c1-16(2,15-18-13(6-7-17)10-21-15)9-11-4-3-5-12(8-11)14(19)20/h3-5,8,10H,6-7,9,17H2,1-2H3,(H,19,20). The van der Waals surface area contributed by atoms with Crippen LogP contribution >= 0.6 is 11.3 Å². The van der Waals surface area contributed by atoms with Gasteiger partial charge in [-0.05, 0) is 30.7 Å². The summed E-state index contributed by atoms with van der Waals surface area (Å²) in [5.74, 6) is -0.894. The second kappa shape index (κ2) is 6.37. The Bertz CT molecular complexity index is 635. The number of aromatic nitrogens is 1. The molecule has 5 heteroatoms. The molecule has 1 aromatic heterocycles. The Morgan fingerprint density at radius 1 is 1.43 bits per heavy atom. The van der Waals surface area contributed by atoms with Gasteiger partial charge in [0.1, 0.15) is 0 Å². The van der Waals surface area contributed by atoms with Gasteiger partial charge >= 0.3 is 5.97 Å². The predicted molar refractivity (Wildman–Crippen MR) is 85.0 cm³/mol. The van der Waals surface area contributed by atoms with Gasteiger partial charge in [0.25, 0.3) is 0 Å². The van der Waals surface area contributed by atoms with Crippen molar-refractivity contribution < 1.29 is 9.90 Å². The molecule has 0 radical (unpaired) electrons. The van der Waals surface area contributed by atoms with Crippen molar-refractivity contribution in [1.82, 2.24) is 4.98 Å². The maximum absolute atomic E-state index is 11.0. The lowest BCUT2D eigenvalue weighted by Gasteiger charge is -2.22. The summed E-state index contributed by atoms with van der Waals surface area (Å²) in [5.41, 5.74) is 7.79. The monoisotopic (exact) mass is 304 g/mol. The molecule has 21 heavy (non-hydrogen) atoms. The van der Waals surface area contributed by atoms with Crippen molar-refractivity contribution in [2.45, 2.75) is 32.1 Å². The molecule has 0 unspecified atom stereocenters. The number of rotatable bonds is 6. The Labute approximate surface area is 128 Å². The fourth-order valence-corrected chi connectivity index (χ4v) is 3.26. The Morgan fingerprint density at radius 2 is 2.19 bits per heavy atom. The smallest absolute Gasteiger partial charge is 0.335 e. The Kier molecular flexibility index (Phi) is 4.75. The van der Waals surface area contributed by atoms with Crippen molar-refractivity contribution in [3.05, 3.63) is 51.5 Å². The van der Waals surface area contributed by atoms with E-state index in [-0.39, 0.29) is 5.41 Å². The number of hydrogen-bond acceptors (Lipinski definition) is 4. The molecule has 0 aliphatic carbocycles. The van der Waals surface area contributed by atoms with Crippen LogP contribution in [0.25, 0.3) is 0 Å². The molecular formula is C16H20N2O2S. The molecule has 0 saturated heterocycles. The zero-order chi connectivity index (χ0) is 15.5. The topological polar surface area (TPSA) is 76.2 Å². The maximum Gasteiger partial charge on any atom is 0.335 e. The summed E-state index contributed by atoms with van der Waals surface area (Å²) < 4.78 is 0. The quantitative estimate of drug-likeness (QED) is 0.860. The van der Waals surface area contributed by atoms with E-state index < -0.39 is 5.97 Å². The predicted octanol–water partition coefficient (Wildman–Crippen LogP) is 2.86. The minimum absolute atomic E-state index is 0.130. The number of aromatic carboxylic acids is 1. The van der Waals surface area contributed by atoms with Crippen molar-refractivity contribution in [1.29, 1.82) is 0 Å². The van der Waals surface area contributed by atoms with Crippen molar-refractivity contribution >= 4 is 17.3 Å². The number of benzene rings is 1. The van der Waals surface area contributed by atoms with Crippen LogP contribution in [0.5, 0.6) is 0 Å². The SMILES string of the molecule is CC(C)(Cc1cccc(C(=O)O)c1)c1nc(CCN)cs1. The molecule has 0 fully saturated rings. The van der Waals surface area contributed by atoms with Crippen LogP contribution in [0.4, 0.5) is 0 Å². The van der Waals surface area contributed by atoms with E-state index in [1.807, 2.05) is 6.07 Å². The van der Waals surface area contributed by atoms with Crippen LogP contribution in [0.15, 0.2) is 29.6 Å². The number of carbonyl (C=O) groups is 1. The second-order valence-corrected chi connectivity index (χ2v) is 6.61.